The Morgan fingerprint density at radius 1 is 1.28 bits per heavy atom. The van der Waals surface area contributed by atoms with Crippen LogP contribution in [0, 0.1) is 13.8 Å². The minimum Gasteiger partial charge on any atom is -0.466 e. The van der Waals surface area contributed by atoms with Crippen LogP contribution in [0.3, 0.4) is 0 Å². The lowest BCUT2D eigenvalue weighted by molar-refractivity contribution is 0.493. The van der Waals surface area contributed by atoms with Crippen molar-refractivity contribution in [3.05, 3.63) is 47.4 Å². The number of aromatic nitrogens is 2. The monoisotopic (exact) mass is 245 g/mol. The SMILES string of the molecule is CCCNC(c1cncnc1)c1cc(C)oc1C. The molecule has 0 saturated heterocycles. The first-order valence-corrected chi connectivity index (χ1v) is 6.27. The zero-order chi connectivity index (χ0) is 13.0. The summed E-state index contributed by atoms with van der Waals surface area (Å²) in [4.78, 5) is 8.19. The maximum Gasteiger partial charge on any atom is 0.115 e. The number of aryl methyl sites for hydroxylation is 2. The van der Waals surface area contributed by atoms with E-state index < -0.39 is 0 Å². The van der Waals surface area contributed by atoms with Gasteiger partial charge in [0.1, 0.15) is 17.8 Å². The summed E-state index contributed by atoms with van der Waals surface area (Å²) in [6.07, 6.45) is 6.33. The van der Waals surface area contributed by atoms with E-state index in [9.17, 15) is 0 Å². The summed E-state index contributed by atoms with van der Waals surface area (Å²) in [6, 6.07) is 2.18. The van der Waals surface area contributed by atoms with E-state index in [-0.39, 0.29) is 6.04 Å². The molecule has 2 aromatic rings. The van der Waals surface area contributed by atoms with Crippen LogP contribution in [0.4, 0.5) is 0 Å². The molecule has 0 aliphatic heterocycles. The van der Waals surface area contributed by atoms with Crippen LogP contribution in [-0.2, 0) is 0 Å². The number of furan rings is 1. The fourth-order valence-corrected chi connectivity index (χ4v) is 2.09. The average molecular weight is 245 g/mol. The Kier molecular flexibility index (Phi) is 4.10. The molecule has 0 fully saturated rings. The van der Waals surface area contributed by atoms with E-state index in [2.05, 4.69) is 28.3 Å². The molecule has 0 aliphatic rings. The molecule has 2 heterocycles. The van der Waals surface area contributed by atoms with E-state index in [1.165, 1.54) is 0 Å². The minimum atomic E-state index is 0.101. The van der Waals surface area contributed by atoms with Gasteiger partial charge in [0, 0.05) is 23.5 Å². The Labute approximate surface area is 107 Å². The summed E-state index contributed by atoms with van der Waals surface area (Å²) in [5, 5.41) is 3.52. The van der Waals surface area contributed by atoms with Gasteiger partial charge in [-0.3, -0.25) is 0 Å². The summed E-state index contributed by atoms with van der Waals surface area (Å²) < 4.78 is 5.62. The number of hydrogen-bond donors (Lipinski definition) is 1. The third-order valence-corrected chi connectivity index (χ3v) is 2.90. The van der Waals surface area contributed by atoms with Gasteiger partial charge in [-0.15, -0.1) is 0 Å². The van der Waals surface area contributed by atoms with Gasteiger partial charge in [-0.2, -0.15) is 0 Å². The summed E-state index contributed by atoms with van der Waals surface area (Å²) in [5.74, 6) is 1.88. The second-order valence-corrected chi connectivity index (χ2v) is 4.43. The Morgan fingerprint density at radius 3 is 2.56 bits per heavy atom. The normalized spacial score (nSPS) is 12.6. The highest BCUT2D eigenvalue weighted by molar-refractivity contribution is 5.32. The van der Waals surface area contributed by atoms with Crippen molar-refractivity contribution in [3.63, 3.8) is 0 Å². The number of nitrogens with zero attached hydrogens (tertiary/aromatic N) is 2. The summed E-state index contributed by atoms with van der Waals surface area (Å²) in [7, 11) is 0. The Morgan fingerprint density at radius 2 is 2.00 bits per heavy atom. The van der Waals surface area contributed by atoms with E-state index >= 15 is 0 Å². The maximum atomic E-state index is 5.62. The Bertz CT molecular complexity index is 493. The molecule has 0 bridgehead atoms. The van der Waals surface area contributed by atoms with Crippen molar-refractivity contribution in [2.45, 2.75) is 33.2 Å². The largest absolute Gasteiger partial charge is 0.466 e. The van der Waals surface area contributed by atoms with Gasteiger partial charge in [0.2, 0.25) is 0 Å². The fourth-order valence-electron chi connectivity index (χ4n) is 2.09. The topological polar surface area (TPSA) is 51.0 Å². The molecule has 0 aromatic carbocycles. The van der Waals surface area contributed by atoms with Gasteiger partial charge >= 0.3 is 0 Å². The molecule has 0 saturated carbocycles. The van der Waals surface area contributed by atoms with Gasteiger partial charge < -0.3 is 9.73 Å². The predicted octanol–water partition coefficient (Wildman–Crippen LogP) is 2.78. The molecule has 96 valence electrons. The third-order valence-electron chi connectivity index (χ3n) is 2.90. The molecule has 1 atom stereocenters. The fraction of sp³-hybridized carbons (Fsp3) is 0.429. The summed E-state index contributed by atoms with van der Waals surface area (Å²) >= 11 is 0. The smallest absolute Gasteiger partial charge is 0.115 e. The van der Waals surface area contributed by atoms with Crippen LogP contribution < -0.4 is 5.32 Å². The molecule has 2 aromatic heterocycles. The van der Waals surface area contributed by atoms with Crippen molar-refractivity contribution in [1.29, 1.82) is 0 Å². The molecule has 4 heteroatoms. The van der Waals surface area contributed by atoms with Crippen LogP contribution in [-0.4, -0.2) is 16.5 Å². The van der Waals surface area contributed by atoms with Crippen LogP contribution in [0.15, 0.2) is 29.2 Å². The summed E-state index contributed by atoms with van der Waals surface area (Å²) in [5.41, 5.74) is 2.23. The zero-order valence-electron chi connectivity index (χ0n) is 11.1. The zero-order valence-corrected chi connectivity index (χ0v) is 11.1. The van der Waals surface area contributed by atoms with Gasteiger partial charge in [0.05, 0.1) is 6.04 Å². The van der Waals surface area contributed by atoms with Crippen molar-refractivity contribution in [2.24, 2.45) is 0 Å². The molecule has 0 amide bonds. The van der Waals surface area contributed by atoms with Crippen molar-refractivity contribution >= 4 is 0 Å². The third kappa shape index (κ3) is 2.76. The average Bonchev–Trinajstić information content (AvgIpc) is 2.70. The standard InChI is InChI=1S/C14H19N3O/c1-4-5-17-14(12-7-15-9-16-8-12)13-6-10(2)18-11(13)3/h6-9,14,17H,4-5H2,1-3H3. The number of rotatable bonds is 5. The van der Waals surface area contributed by atoms with Crippen LogP contribution in [0.5, 0.6) is 0 Å². The van der Waals surface area contributed by atoms with Crippen LogP contribution in [0.2, 0.25) is 0 Å². The lowest BCUT2D eigenvalue weighted by atomic mass is 10.0. The molecule has 2 rings (SSSR count). The molecular formula is C14H19N3O. The first-order chi connectivity index (χ1) is 8.72. The molecule has 0 spiro atoms. The van der Waals surface area contributed by atoms with Gasteiger partial charge in [-0.05, 0) is 32.9 Å². The highest BCUT2D eigenvalue weighted by Gasteiger charge is 2.18. The van der Waals surface area contributed by atoms with E-state index in [1.807, 2.05) is 26.2 Å². The Balaban J connectivity index is 2.34. The van der Waals surface area contributed by atoms with Crippen molar-refractivity contribution in [3.8, 4) is 0 Å². The van der Waals surface area contributed by atoms with E-state index in [0.29, 0.717) is 0 Å². The van der Waals surface area contributed by atoms with Gasteiger partial charge in [-0.25, -0.2) is 9.97 Å². The van der Waals surface area contributed by atoms with Crippen molar-refractivity contribution in [1.82, 2.24) is 15.3 Å². The lowest BCUT2D eigenvalue weighted by Gasteiger charge is -2.17. The first-order valence-electron chi connectivity index (χ1n) is 6.27. The minimum absolute atomic E-state index is 0.101. The van der Waals surface area contributed by atoms with Crippen molar-refractivity contribution in [2.75, 3.05) is 6.54 Å². The van der Waals surface area contributed by atoms with E-state index in [4.69, 9.17) is 4.42 Å². The molecule has 4 nitrogen and oxygen atoms in total. The van der Waals surface area contributed by atoms with Crippen molar-refractivity contribution < 1.29 is 4.42 Å². The van der Waals surface area contributed by atoms with E-state index in [1.54, 1.807) is 6.33 Å². The molecule has 1 N–H and O–H groups in total. The van der Waals surface area contributed by atoms with Crippen LogP contribution >= 0.6 is 0 Å². The number of nitrogens with one attached hydrogen (secondary N) is 1. The van der Waals surface area contributed by atoms with Gasteiger partial charge in [0.15, 0.2) is 0 Å². The Hall–Kier alpha value is -1.68. The van der Waals surface area contributed by atoms with Gasteiger partial charge in [-0.1, -0.05) is 6.92 Å². The highest BCUT2D eigenvalue weighted by Crippen LogP contribution is 2.26. The second kappa shape index (κ2) is 5.78. The summed E-state index contributed by atoms with van der Waals surface area (Å²) in [6.45, 7) is 7.06. The predicted molar refractivity (Wildman–Crippen MR) is 70.4 cm³/mol. The van der Waals surface area contributed by atoms with Crippen LogP contribution in [0.25, 0.3) is 0 Å². The lowest BCUT2D eigenvalue weighted by Crippen LogP contribution is -2.23. The number of hydrogen-bond acceptors (Lipinski definition) is 4. The quantitative estimate of drug-likeness (QED) is 0.880. The molecule has 18 heavy (non-hydrogen) atoms. The second-order valence-electron chi connectivity index (χ2n) is 4.43. The molecule has 0 aliphatic carbocycles. The van der Waals surface area contributed by atoms with E-state index in [0.717, 1.165) is 35.6 Å². The van der Waals surface area contributed by atoms with Crippen LogP contribution in [0.1, 0.15) is 42.0 Å². The molecule has 0 radical (unpaired) electrons. The molecular weight excluding hydrogens is 226 g/mol. The molecule has 1 unspecified atom stereocenters. The van der Waals surface area contributed by atoms with Gasteiger partial charge in [0.25, 0.3) is 0 Å². The maximum absolute atomic E-state index is 5.62. The highest BCUT2D eigenvalue weighted by atomic mass is 16.3. The first kappa shape index (κ1) is 12.8.